The summed E-state index contributed by atoms with van der Waals surface area (Å²) in [4.78, 5) is 15.7. The van der Waals surface area contributed by atoms with Crippen LogP contribution < -0.4 is 5.32 Å². The maximum absolute atomic E-state index is 12.4. The van der Waals surface area contributed by atoms with E-state index in [-0.39, 0.29) is 11.9 Å². The van der Waals surface area contributed by atoms with Crippen molar-refractivity contribution >= 4 is 16.8 Å². The van der Waals surface area contributed by atoms with Crippen molar-refractivity contribution in [3.05, 3.63) is 35.0 Å². The van der Waals surface area contributed by atoms with Crippen LogP contribution in [0.3, 0.4) is 0 Å². The van der Waals surface area contributed by atoms with Crippen molar-refractivity contribution < 1.29 is 4.79 Å². The number of benzene rings is 1. The zero-order valence-electron chi connectivity index (χ0n) is 13.5. The lowest BCUT2D eigenvalue weighted by Crippen LogP contribution is -2.34. The fourth-order valence-corrected chi connectivity index (χ4v) is 2.98. The van der Waals surface area contributed by atoms with Crippen LogP contribution in [0.25, 0.3) is 10.9 Å². The van der Waals surface area contributed by atoms with E-state index in [9.17, 15) is 4.79 Å². The number of rotatable bonds is 6. The molecule has 0 bridgehead atoms. The summed E-state index contributed by atoms with van der Waals surface area (Å²) in [6.45, 7) is 8.47. The molecule has 0 unspecified atom stereocenters. The third kappa shape index (κ3) is 3.66. The Morgan fingerprint density at radius 2 is 1.81 bits per heavy atom. The quantitative estimate of drug-likeness (QED) is 0.807. The number of amides is 1. The molecule has 0 fully saturated rings. The second-order valence-electron chi connectivity index (χ2n) is 5.98. The molecule has 0 aliphatic heterocycles. The van der Waals surface area contributed by atoms with Crippen LogP contribution in [0, 0.1) is 13.8 Å². The summed E-state index contributed by atoms with van der Waals surface area (Å²) in [6, 6.07) is 6.49. The number of aromatic nitrogens is 1. The number of fused-ring (bicyclic) bond motifs is 1. The van der Waals surface area contributed by atoms with Gasteiger partial charge in [0.25, 0.3) is 5.91 Å². The third-order valence-corrected chi connectivity index (χ3v) is 3.92. The molecule has 114 valence electrons. The molecule has 1 aromatic carbocycles. The van der Waals surface area contributed by atoms with Gasteiger partial charge in [-0.1, -0.05) is 38.3 Å². The number of nitrogens with one attached hydrogen (secondary N) is 2. The number of hydrogen-bond acceptors (Lipinski definition) is 1. The minimum atomic E-state index is 0.00940. The standard InChI is InChI=1S/C18H26N2O/c1-5-7-15(8-6-2)19-18(21)16-11-14-10-12(3)9-13(4)17(14)20-16/h9-11,15,20H,5-8H2,1-4H3,(H,19,21). The molecule has 2 rings (SSSR count). The summed E-state index contributed by atoms with van der Waals surface area (Å²) in [6.07, 6.45) is 4.27. The molecule has 3 heteroatoms. The average molecular weight is 286 g/mol. The van der Waals surface area contributed by atoms with Crippen LogP contribution in [0.1, 0.15) is 61.1 Å². The van der Waals surface area contributed by atoms with Gasteiger partial charge >= 0.3 is 0 Å². The second-order valence-corrected chi connectivity index (χ2v) is 5.98. The van der Waals surface area contributed by atoms with Gasteiger partial charge in [0.1, 0.15) is 5.69 Å². The van der Waals surface area contributed by atoms with E-state index in [0.717, 1.165) is 36.6 Å². The number of aryl methyl sites for hydroxylation is 2. The largest absolute Gasteiger partial charge is 0.350 e. The van der Waals surface area contributed by atoms with Gasteiger partial charge in [-0.25, -0.2) is 0 Å². The van der Waals surface area contributed by atoms with Crippen LogP contribution in [0.2, 0.25) is 0 Å². The van der Waals surface area contributed by atoms with Crippen molar-refractivity contribution in [2.45, 2.75) is 59.4 Å². The summed E-state index contributed by atoms with van der Waals surface area (Å²) in [7, 11) is 0. The van der Waals surface area contributed by atoms with Crippen LogP contribution in [0.4, 0.5) is 0 Å². The topological polar surface area (TPSA) is 44.9 Å². The first kappa shape index (κ1) is 15.6. The number of H-pyrrole nitrogens is 1. The van der Waals surface area contributed by atoms with Crippen molar-refractivity contribution in [3.8, 4) is 0 Å². The van der Waals surface area contributed by atoms with Crippen LogP contribution in [-0.2, 0) is 0 Å². The first-order chi connectivity index (χ1) is 10.0. The lowest BCUT2D eigenvalue weighted by Gasteiger charge is -2.16. The molecule has 0 aliphatic rings. The van der Waals surface area contributed by atoms with Gasteiger partial charge in [0.05, 0.1) is 0 Å². The molecule has 3 nitrogen and oxygen atoms in total. The van der Waals surface area contributed by atoms with E-state index in [4.69, 9.17) is 0 Å². The predicted molar refractivity (Wildman–Crippen MR) is 88.8 cm³/mol. The van der Waals surface area contributed by atoms with Gasteiger partial charge in [-0.05, 0) is 44.4 Å². The van der Waals surface area contributed by atoms with E-state index in [2.05, 4.69) is 50.1 Å². The summed E-state index contributed by atoms with van der Waals surface area (Å²) < 4.78 is 0. The molecule has 0 radical (unpaired) electrons. The molecule has 1 aromatic heterocycles. The maximum atomic E-state index is 12.4. The van der Waals surface area contributed by atoms with E-state index in [1.165, 1.54) is 11.1 Å². The molecule has 0 saturated heterocycles. The van der Waals surface area contributed by atoms with Gasteiger partial charge in [-0.15, -0.1) is 0 Å². The van der Waals surface area contributed by atoms with Gasteiger partial charge in [-0.3, -0.25) is 4.79 Å². The minimum absolute atomic E-state index is 0.00940. The Bertz CT molecular complexity index is 621. The van der Waals surface area contributed by atoms with Crippen molar-refractivity contribution in [1.82, 2.24) is 10.3 Å². The molecule has 1 heterocycles. The number of aromatic amines is 1. The molecule has 2 N–H and O–H groups in total. The van der Waals surface area contributed by atoms with E-state index < -0.39 is 0 Å². The molecule has 0 atom stereocenters. The predicted octanol–water partition coefficient (Wildman–Crippen LogP) is 4.48. The van der Waals surface area contributed by atoms with Crippen LogP contribution in [-0.4, -0.2) is 16.9 Å². The summed E-state index contributed by atoms with van der Waals surface area (Å²) >= 11 is 0. The Balaban J connectivity index is 2.21. The lowest BCUT2D eigenvalue weighted by atomic mass is 10.1. The molecule has 0 spiro atoms. The Kier molecular flexibility index (Phi) is 5.05. The second kappa shape index (κ2) is 6.79. The Hall–Kier alpha value is -1.77. The molecule has 0 saturated carbocycles. The molecule has 0 aliphatic carbocycles. The molecular formula is C18H26N2O. The van der Waals surface area contributed by atoms with Gasteiger partial charge in [0.15, 0.2) is 0 Å². The highest BCUT2D eigenvalue weighted by Gasteiger charge is 2.15. The van der Waals surface area contributed by atoms with Gasteiger partial charge < -0.3 is 10.3 Å². The van der Waals surface area contributed by atoms with Gasteiger partial charge in [0, 0.05) is 16.9 Å². The van der Waals surface area contributed by atoms with E-state index in [1.54, 1.807) is 0 Å². The first-order valence-electron chi connectivity index (χ1n) is 7.96. The Morgan fingerprint density at radius 1 is 1.14 bits per heavy atom. The summed E-state index contributed by atoms with van der Waals surface area (Å²) in [5, 5.41) is 4.27. The number of carbonyl (C=O) groups is 1. The molecule has 21 heavy (non-hydrogen) atoms. The third-order valence-electron chi connectivity index (χ3n) is 3.92. The van der Waals surface area contributed by atoms with E-state index in [0.29, 0.717) is 5.69 Å². The molecular weight excluding hydrogens is 260 g/mol. The molecule has 1 amide bonds. The van der Waals surface area contributed by atoms with Crippen molar-refractivity contribution in [2.75, 3.05) is 0 Å². The first-order valence-corrected chi connectivity index (χ1v) is 7.96. The zero-order chi connectivity index (χ0) is 15.4. The van der Waals surface area contributed by atoms with Gasteiger partial charge in [-0.2, -0.15) is 0 Å². The fourth-order valence-electron chi connectivity index (χ4n) is 2.98. The fraction of sp³-hybridized carbons (Fsp3) is 0.500. The zero-order valence-corrected chi connectivity index (χ0v) is 13.5. The highest BCUT2D eigenvalue weighted by atomic mass is 16.1. The summed E-state index contributed by atoms with van der Waals surface area (Å²) in [5.41, 5.74) is 4.13. The van der Waals surface area contributed by atoms with Crippen LogP contribution in [0.15, 0.2) is 18.2 Å². The van der Waals surface area contributed by atoms with Gasteiger partial charge in [0.2, 0.25) is 0 Å². The van der Waals surface area contributed by atoms with Crippen molar-refractivity contribution in [1.29, 1.82) is 0 Å². The number of hydrogen-bond donors (Lipinski definition) is 2. The van der Waals surface area contributed by atoms with Crippen molar-refractivity contribution in [2.24, 2.45) is 0 Å². The Morgan fingerprint density at radius 3 is 2.43 bits per heavy atom. The SMILES string of the molecule is CCCC(CCC)NC(=O)c1cc2cc(C)cc(C)c2[nH]1. The smallest absolute Gasteiger partial charge is 0.267 e. The van der Waals surface area contributed by atoms with E-state index >= 15 is 0 Å². The highest BCUT2D eigenvalue weighted by molar-refractivity contribution is 5.99. The minimum Gasteiger partial charge on any atom is -0.350 e. The summed E-state index contributed by atoms with van der Waals surface area (Å²) in [5.74, 6) is 0.00940. The number of carbonyl (C=O) groups excluding carboxylic acids is 1. The average Bonchev–Trinajstić information content (AvgIpc) is 2.83. The van der Waals surface area contributed by atoms with Crippen LogP contribution in [0.5, 0.6) is 0 Å². The van der Waals surface area contributed by atoms with Crippen molar-refractivity contribution in [3.63, 3.8) is 0 Å². The normalized spacial score (nSPS) is 11.3. The maximum Gasteiger partial charge on any atom is 0.267 e. The highest BCUT2D eigenvalue weighted by Crippen LogP contribution is 2.21. The monoisotopic (exact) mass is 286 g/mol. The van der Waals surface area contributed by atoms with E-state index in [1.807, 2.05) is 6.07 Å². The van der Waals surface area contributed by atoms with Crippen LogP contribution >= 0.6 is 0 Å². The molecule has 2 aromatic rings. The Labute approximate surface area is 127 Å². The lowest BCUT2D eigenvalue weighted by molar-refractivity contribution is 0.0928.